The van der Waals surface area contributed by atoms with Crippen LogP contribution in [0.15, 0.2) is 30.3 Å². The minimum Gasteiger partial charge on any atom is -0.459 e. The van der Waals surface area contributed by atoms with Gasteiger partial charge in [0, 0.05) is 5.41 Å². The summed E-state index contributed by atoms with van der Waals surface area (Å²) in [6.45, 7) is 12.2. The van der Waals surface area contributed by atoms with E-state index in [1.807, 2.05) is 51.1 Å². The summed E-state index contributed by atoms with van der Waals surface area (Å²) < 4.78 is 5.77. The Morgan fingerprint density at radius 3 is 2.05 bits per heavy atom. The van der Waals surface area contributed by atoms with Gasteiger partial charge >= 0.3 is 5.97 Å². The van der Waals surface area contributed by atoms with E-state index in [-0.39, 0.29) is 17.3 Å². The molecule has 0 aliphatic carbocycles. The Bertz CT molecular complexity index is 413. The molecule has 0 saturated carbocycles. The predicted molar refractivity (Wildman–Crippen MR) is 79.1 cm³/mol. The second kappa shape index (κ2) is 5.77. The number of hydrogen-bond donors (Lipinski definition) is 0. The lowest BCUT2D eigenvalue weighted by Gasteiger charge is -2.39. The molecule has 0 amide bonds. The van der Waals surface area contributed by atoms with E-state index in [4.69, 9.17) is 4.74 Å². The Balaban J connectivity index is 2.88. The molecule has 1 rings (SSSR count). The van der Waals surface area contributed by atoms with E-state index in [1.165, 1.54) is 0 Å². The van der Waals surface area contributed by atoms with Crippen LogP contribution in [0.1, 0.15) is 59.4 Å². The Labute approximate surface area is 117 Å². The lowest BCUT2D eigenvalue weighted by Crippen LogP contribution is -2.42. The van der Waals surface area contributed by atoms with Crippen molar-refractivity contribution in [1.29, 1.82) is 0 Å². The lowest BCUT2D eigenvalue weighted by atomic mass is 9.79. The topological polar surface area (TPSA) is 26.3 Å². The summed E-state index contributed by atoms with van der Waals surface area (Å²) in [5, 5.41) is 0. The highest BCUT2D eigenvalue weighted by atomic mass is 16.6. The summed E-state index contributed by atoms with van der Waals surface area (Å²) >= 11 is 0. The molecule has 19 heavy (non-hydrogen) atoms. The molecule has 0 spiro atoms. The SMILES string of the molecule is CC[C@H](C(=O)OC(C)(C)C(C)(C)C)c1ccccc1. The van der Waals surface area contributed by atoms with Gasteiger partial charge in [0.25, 0.3) is 0 Å². The summed E-state index contributed by atoms with van der Waals surface area (Å²) in [4.78, 5) is 12.4. The van der Waals surface area contributed by atoms with Gasteiger partial charge in [0.1, 0.15) is 5.60 Å². The second-order valence-corrected chi connectivity index (χ2v) is 6.55. The Kier molecular flexibility index (Phi) is 4.78. The molecule has 2 nitrogen and oxygen atoms in total. The van der Waals surface area contributed by atoms with Crippen molar-refractivity contribution in [3.63, 3.8) is 0 Å². The normalized spacial score (nSPS) is 14.0. The largest absolute Gasteiger partial charge is 0.459 e. The van der Waals surface area contributed by atoms with E-state index in [9.17, 15) is 4.79 Å². The number of hydrogen-bond acceptors (Lipinski definition) is 2. The summed E-state index contributed by atoms with van der Waals surface area (Å²) in [5.41, 5.74) is 0.462. The van der Waals surface area contributed by atoms with E-state index in [0.29, 0.717) is 0 Å². The molecule has 1 aromatic rings. The summed E-state index contributed by atoms with van der Waals surface area (Å²) in [7, 11) is 0. The first kappa shape index (κ1) is 15.7. The van der Waals surface area contributed by atoms with Crippen LogP contribution < -0.4 is 0 Å². The smallest absolute Gasteiger partial charge is 0.313 e. The summed E-state index contributed by atoms with van der Waals surface area (Å²) in [6, 6.07) is 9.85. The van der Waals surface area contributed by atoms with Gasteiger partial charge in [-0.2, -0.15) is 0 Å². The molecule has 0 N–H and O–H groups in total. The third kappa shape index (κ3) is 3.82. The van der Waals surface area contributed by atoms with Crippen molar-refractivity contribution in [2.75, 3.05) is 0 Å². The fraction of sp³-hybridized carbons (Fsp3) is 0.588. The number of carbonyl (C=O) groups excluding carboxylic acids is 1. The van der Waals surface area contributed by atoms with E-state index in [2.05, 4.69) is 20.8 Å². The lowest BCUT2D eigenvalue weighted by molar-refractivity contribution is -0.169. The highest BCUT2D eigenvalue weighted by Gasteiger charge is 2.38. The summed E-state index contributed by atoms with van der Waals surface area (Å²) in [6.07, 6.45) is 0.753. The molecular formula is C17H26O2. The first-order valence-electron chi connectivity index (χ1n) is 6.97. The summed E-state index contributed by atoms with van der Waals surface area (Å²) in [5.74, 6) is -0.309. The number of rotatable bonds is 4. The van der Waals surface area contributed by atoms with Crippen molar-refractivity contribution in [2.24, 2.45) is 5.41 Å². The molecule has 1 atom stereocenters. The zero-order valence-electron chi connectivity index (χ0n) is 13.0. The van der Waals surface area contributed by atoms with Crippen LogP contribution >= 0.6 is 0 Å². The molecule has 0 aliphatic rings. The fourth-order valence-electron chi connectivity index (χ4n) is 1.70. The van der Waals surface area contributed by atoms with Gasteiger partial charge in [-0.3, -0.25) is 4.79 Å². The molecule has 0 aromatic heterocycles. The van der Waals surface area contributed by atoms with Crippen molar-refractivity contribution in [3.8, 4) is 0 Å². The van der Waals surface area contributed by atoms with Gasteiger partial charge < -0.3 is 4.74 Å². The molecule has 0 unspecified atom stereocenters. The highest BCUT2D eigenvalue weighted by Crippen LogP contribution is 2.35. The molecule has 0 radical (unpaired) electrons. The van der Waals surface area contributed by atoms with Gasteiger partial charge in [-0.25, -0.2) is 0 Å². The average Bonchev–Trinajstić information content (AvgIpc) is 2.29. The van der Waals surface area contributed by atoms with Crippen LogP contribution in [0.25, 0.3) is 0 Å². The Morgan fingerprint density at radius 1 is 1.11 bits per heavy atom. The minimum absolute atomic E-state index is 0.0857. The third-order valence-electron chi connectivity index (χ3n) is 4.06. The first-order valence-corrected chi connectivity index (χ1v) is 6.97. The monoisotopic (exact) mass is 262 g/mol. The number of carbonyl (C=O) groups is 1. The molecular weight excluding hydrogens is 236 g/mol. The zero-order valence-corrected chi connectivity index (χ0v) is 13.0. The van der Waals surface area contributed by atoms with Gasteiger partial charge in [0.05, 0.1) is 5.92 Å². The van der Waals surface area contributed by atoms with Crippen molar-refractivity contribution in [2.45, 2.75) is 59.5 Å². The molecule has 106 valence electrons. The molecule has 0 fully saturated rings. The van der Waals surface area contributed by atoms with Gasteiger partial charge in [-0.1, -0.05) is 58.0 Å². The standard InChI is InChI=1S/C17H26O2/c1-7-14(13-11-9-8-10-12-13)15(18)19-17(5,6)16(2,3)4/h8-12,14H,7H2,1-6H3/t14-/m0/s1. The minimum atomic E-state index is -0.480. The van der Waals surface area contributed by atoms with Crippen molar-refractivity contribution >= 4 is 5.97 Å². The maximum absolute atomic E-state index is 12.4. The quantitative estimate of drug-likeness (QED) is 0.744. The Hall–Kier alpha value is -1.31. The molecule has 2 heteroatoms. The third-order valence-corrected chi connectivity index (χ3v) is 4.06. The van der Waals surface area contributed by atoms with E-state index < -0.39 is 5.60 Å². The van der Waals surface area contributed by atoms with Crippen LogP contribution in [0, 0.1) is 5.41 Å². The van der Waals surface area contributed by atoms with E-state index >= 15 is 0 Å². The highest BCUT2D eigenvalue weighted by molar-refractivity contribution is 5.78. The van der Waals surface area contributed by atoms with Crippen LogP contribution in [0.4, 0.5) is 0 Å². The maximum Gasteiger partial charge on any atom is 0.313 e. The fourth-order valence-corrected chi connectivity index (χ4v) is 1.70. The second-order valence-electron chi connectivity index (χ2n) is 6.55. The van der Waals surface area contributed by atoms with Gasteiger partial charge in [-0.05, 0) is 25.8 Å². The molecule has 0 bridgehead atoms. The molecule has 0 saturated heterocycles. The first-order chi connectivity index (χ1) is 8.69. The van der Waals surface area contributed by atoms with E-state index in [1.54, 1.807) is 0 Å². The predicted octanol–water partition coefficient (Wildman–Crippen LogP) is 4.55. The van der Waals surface area contributed by atoms with Crippen molar-refractivity contribution in [3.05, 3.63) is 35.9 Å². The Morgan fingerprint density at radius 2 is 1.63 bits per heavy atom. The number of benzene rings is 1. The van der Waals surface area contributed by atoms with Crippen LogP contribution in [-0.4, -0.2) is 11.6 Å². The van der Waals surface area contributed by atoms with Crippen LogP contribution in [0.5, 0.6) is 0 Å². The molecule has 1 aromatic carbocycles. The van der Waals surface area contributed by atoms with Gasteiger partial charge in [0.15, 0.2) is 0 Å². The van der Waals surface area contributed by atoms with Gasteiger partial charge in [-0.15, -0.1) is 0 Å². The van der Waals surface area contributed by atoms with Crippen LogP contribution in [0.3, 0.4) is 0 Å². The van der Waals surface area contributed by atoms with Crippen molar-refractivity contribution in [1.82, 2.24) is 0 Å². The molecule has 0 heterocycles. The average molecular weight is 262 g/mol. The zero-order chi connectivity index (χ0) is 14.7. The maximum atomic E-state index is 12.4. The van der Waals surface area contributed by atoms with Crippen LogP contribution in [-0.2, 0) is 9.53 Å². The number of ether oxygens (including phenoxy) is 1. The number of esters is 1. The molecule has 0 aliphatic heterocycles. The van der Waals surface area contributed by atoms with E-state index in [0.717, 1.165) is 12.0 Å². The van der Waals surface area contributed by atoms with Crippen molar-refractivity contribution < 1.29 is 9.53 Å². The van der Waals surface area contributed by atoms with Crippen LogP contribution in [0.2, 0.25) is 0 Å². The van der Waals surface area contributed by atoms with Gasteiger partial charge in [0.2, 0.25) is 0 Å².